The Kier molecular flexibility index (Phi) is 6.79. The number of hydrogen-bond acceptors (Lipinski definition) is 6. The molecule has 8 nitrogen and oxygen atoms in total. The minimum atomic E-state index is -0.851. The van der Waals surface area contributed by atoms with Crippen LogP contribution in [0.3, 0.4) is 0 Å². The molecule has 3 aromatic carbocycles. The van der Waals surface area contributed by atoms with Crippen molar-refractivity contribution in [2.75, 3.05) is 27.9 Å². The zero-order valence-corrected chi connectivity index (χ0v) is 21.4. The van der Waals surface area contributed by atoms with Gasteiger partial charge in [0.2, 0.25) is 0 Å². The summed E-state index contributed by atoms with van der Waals surface area (Å²) in [5.74, 6) is 0.0868. The molecule has 1 saturated heterocycles. The highest BCUT2D eigenvalue weighted by Gasteiger charge is 2.47. The Hall–Kier alpha value is -4.72. The smallest absolute Gasteiger partial charge is 0.295 e. The lowest BCUT2D eigenvalue weighted by atomic mass is 9.94. The van der Waals surface area contributed by atoms with Crippen molar-refractivity contribution >= 4 is 28.4 Å². The van der Waals surface area contributed by atoms with Crippen LogP contribution in [0.1, 0.15) is 22.7 Å². The molecule has 0 saturated carbocycles. The van der Waals surface area contributed by atoms with Crippen LogP contribution in [-0.4, -0.2) is 54.6 Å². The van der Waals surface area contributed by atoms with E-state index in [4.69, 9.17) is 14.2 Å². The molecule has 1 atom stereocenters. The molecule has 38 heavy (non-hydrogen) atoms. The molecular weight excluding hydrogens is 484 g/mol. The van der Waals surface area contributed by atoms with Crippen LogP contribution in [0.15, 0.2) is 78.5 Å². The monoisotopic (exact) mass is 512 g/mol. The second-order valence-electron chi connectivity index (χ2n) is 8.94. The van der Waals surface area contributed by atoms with Gasteiger partial charge in [0.25, 0.3) is 11.7 Å². The van der Waals surface area contributed by atoms with Crippen LogP contribution in [0, 0.1) is 0 Å². The van der Waals surface area contributed by atoms with Gasteiger partial charge in [0.1, 0.15) is 23.0 Å². The van der Waals surface area contributed by atoms with Crippen molar-refractivity contribution in [2.45, 2.75) is 12.5 Å². The molecule has 1 fully saturated rings. The number of aromatic amines is 1. The van der Waals surface area contributed by atoms with Crippen LogP contribution in [-0.2, 0) is 16.0 Å². The zero-order valence-electron chi connectivity index (χ0n) is 21.4. The number of Topliss-reactive ketones (excluding diaryl/α,β-unsaturated/α-hetero) is 1. The highest BCUT2D eigenvalue weighted by molar-refractivity contribution is 6.46. The number of aliphatic hydroxyl groups is 1. The molecule has 0 radical (unpaired) electrons. The fraction of sp³-hybridized carbons (Fsp3) is 0.200. The first-order valence-electron chi connectivity index (χ1n) is 12.2. The van der Waals surface area contributed by atoms with E-state index in [1.54, 1.807) is 56.7 Å². The van der Waals surface area contributed by atoms with Crippen molar-refractivity contribution in [3.8, 4) is 17.2 Å². The Morgan fingerprint density at radius 1 is 0.921 bits per heavy atom. The van der Waals surface area contributed by atoms with E-state index in [1.807, 2.05) is 30.5 Å². The molecule has 0 bridgehead atoms. The summed E-state index contributed by atoms with van der Waals surface area (Å²) in [6, 6.07) is 18.8. The Bertz CT molecular complexity index is 1540. The summed E-state index contributed by atoms with van der Waals surface area (Å²) in [6.45, 7) is 0.236. The van der Waals surface area contributed by atoms with E-state index >= 15 is 0 Å². The van der Waals surface area contributed by atoms with E-state index in [0.717, 1.165) is 22.2 Å². The summed E-state index contributed by atoms with van der Waals surface area (Å²) in [6.07, 6.45) is 2.37. The highest BCUT2D eigenvalue weighted by atomic mass is 16.5. The van der Waals surface area contributed by atoms with Crippen molar-refractivity contribution in [2.24, 2.45) is 0 Å². The van der Waals surface area contributed by atoms with Gasteiger partial charge in [0.15, 0.2) is 0 Å². The van der Waals surface area contributed by atoms with Gasteiger partial charge < -0.3 is 29.2 Å². The average Bonchev–Trinajstić information content (AvgIpc) is 3.48. The number of ether oxygens (including phenoxy) is 3. The first-order chi connectivity index (χ1) is 18.5. The number of nitrogens with zero attached hydrogens (tertiary/aromatic N) is 1. The molecule has 1 amide bonds. The fourth-order valence-corrected chi connectivity index (χ4v) is 4.96. The van der Waals surface area contributed by atoms with Crippen LogP contribution in [0.5, 0.6) is 17.2 Å². The van der Waals surface area contributed by atoms with Gasteiger partial charge >= 0.3 is 0 Å². The molecule has 1 aliphatic heterocycles. The number of aromatic nitrogens is 1. The van der Waals surface area contributed by atoms with Crippen molar-refractivity contribution in [3.63, 3.8) is 0 Å². The number of benzene rings is 3. The molecule has 2 heterocycles. The van der Waals surface area contributed by atoms with E-state index in [0.29, 0.717) is 29.0 Å². The predicted molar refractivity (Wildman–Crippen MR) is 144 cm³/mol. The molecule has 194 valence electrons. The summed E-state index contributed by atoms with van der Waals surface area (Å²) < 4.78 is 16.4. The minimum absolute atomic E-state index is 0.0188. The molecule has 5 rings (SSSR count). The lowest BCUT2D eigenvalue weighted by Gasteiger charge is -2.27. The second-order valence-corrected chi connectivity index (χ2v) is 8.94. The number of hydrogen-bond donors (Lipinski definition) is 2. The number of likely N-dealkylation sites (tertiary alicyclic amines) is 1. The molecule has 1 aromatic heterocycles. The van der Waals surface area contributed by atoms with Gasteiger partial charge in [-0.15, -0.1) is 0 Å². The third-order valence-corrected chi connectivity index (χ3v) is 6.92. The maximum atomic E-state index is 13.4. The lowest BCUT2D eigenvalue weighted by molar-refractivity contribution is -0.139. The van der Waals surface area contributed by atoms with Crippen LogP contribution >= 0.6 is 0 Å². The van der Waals surface area contributed by atoms with Gasteiger partial charge in [0, 0.05) is 40.8 Å². The highest BCUT2D eigenvalue weighted by Crippen LogP contribution is 2.43. The number of ketones is 1. The SMILES string of the molecule is COc1ccc([C@H]2C(=C(O)c3ccccc3)C(=O)C(=O)N2CCc2c[nH]c3ccc(OC)cc23)c(OC)c1. The van der Waals surface area contributed by atoms with Crippen molar-refractivity contribution in [1.82, 2.24) is 9.88 Å². The molecule has 0 unspecified atom stereocenters. The Labute approximate surface area is 220 Å². The van der Waals surface area contributed by atoms with Crippen LogP contribution in [0.2, 0.25) is 0 Å². The largest absolute Gasteiger partial charge is 0.507 e. The number of methoxy groups -OCH3 is 3. The molecule has 0 spiro atoms. The van der Waals surface area contributed by atoms with Gasteiger partial charge in [0.05, 0.1) is 32.9 Å². The molecule has 2 N–H and O–H groups in total. The Morgan fingerprint density at radius 3 is 2.34 bits per heavy atom. The number of H-pyrrole nitrogens is 1. The number of aliphatic hydroxyl groups excluding tert-OH is 1. The average molecular weight is 513 g/mol. The minimum Gasteiger partial charge on any atom is -0.507 e. The topological polar surface area (TPSA) is 101 Å². The van der Waals surface area contributed by atoms with E-state index in [9.17, 15) is 14.7 Å². The first-order valence-corrected chi connectivity index (χ1v) is 12.2. The van der Waals surface area contributed by atoms with Crippen molar-refractivity contribution in [3.05, 3.63) is 95.2 Å². The number of carbonyl (C=O) groups excluding carboxylic acids is 2. The fourth-order valence-electron chi connectivity index (χ4n) is 4.96. The summed E-state index contributed by atoms with van der Waals surface area (Å²) in [5.41, 5.74) is 2.96. The van der Waals surface area contributed by atoms with Gasteiger partial charge in [-0.25, -0.2) is 0 Å². The second kappa shape index (κ2) is 10.3. The van der Waals surface area contributed by atoms with Crippen LogP contribution in [0.4, 0.5) is 0 Å². The maximum Gasteiger partial charge on any atom is 0.295 e. The lowest BCUT2D eigenvalue weighted by Crippen LogP contribution is -2.31. The molecule has 8 heteroatoms. The third kappa shape index (κ3) is 4.34. The van der Waals surface area contributed by atoms with Crippen LogP contribution in [0.25, 0.3) is 16.7 Å². The molecule has 4 aromatic rings. The molecular formula is C30H28N2O6. The number of carbonyl (C=O) groups is 2. The number of fused-ring (bicyclic) bond motifs is 1. The molecule has 0 aliphatic carbocycles. The van der Waals surface area contributed by atoms with Gasteiger partial charge in [-0.05, 0) is 42.3 Å². The first kappa shape index (κ1) is 25.0. The van der Waals surface area contributed by atoms with E-state index in [2.05, 4.69) is 4.98 Å². The number of amides is 1. The van der Waals surface area contributed by atoms with E-state index < -0.39 is 17.7 Å². The summed E-state index contributed by atoms with van der Waals surface area (Å²) in [5, 5.41) is 12.2. The van der Waals surface area contributed by atoms with Crippen molar-refractivity contribution < 1.29 is 28.9 Å². The summed E-state index contributed by atoms with van der Waals surface area (Å²) in [7, 11) is 4.68. The maximum absolute atomic E-state index is 13.4. The number of rotatable bonds is 8. The predicted octanol–water partition coefficient (Wildman–Crippen LogP) is 4.86. The normalized spacial score (nSPS) is 16.7. The quantitative estimate of drug-likeness (QED) is 0.199. The zero-order chi connectivity index (χ0) is 26.8. The van der Waals surface area contributed by atoms with Crippen molar-refractivity contribution in [1.29, 1.82) is 0 Å². The van der Waals surface area contributed by atoms with E-state index in [-0.39, 0.29) is 17.9 Å². The standard InChI is InChI=1S/C30H28N2O6/c1-36-20-10-12-24-23(15-20)19(17-31-24)13-14-32-27(22-11-9-21(37-2)16-25(22)38-3)26(29(34)30(32)35)28(33)18-7-5-4-6-8-18/h4-12,15-17,27,31,33H,13-14H2,1-3H3/t27-/m0/s1. The number of nitrogens with one attached hydrogen (secondary N) is 1. The Balaban J connectivity index is 1.60. The molecule has 1 aliphatic rings. The Morgan fingerprint density at radius 2 is 1.63 bits per heavy atom. The van der Waals surface area contributed by atoms with Gasteiger partial charge in [-0.2, -0.15) is 0 Å². The summed E-state index contributed by atoms with van der Waals surface area (Å²) >= 11 is 0. The third-order valence-electron chi connectivity index (χ3n) is 6.92. The van der Waals surface area contributed by atoms with Gasteiger partial charge in [-0.1, -0.05) is 30.3 Å². The van der Waals surface area contributed by atoms with E-state index in [1.165, 1.54) is 12.0 Å². The van der Waals surface area contributed by atoms with Crippen LogP contribution < -0.4 is 14.2 Å². The summed E-state index contributed by atoms with van der Waals surface area (Å²) in [4.78, 5) is 31.6. The van der Waals surface area contributed by atoms with Gasteiger partial charge in [-0.3, -0.25) is 9.59 Å².